The van der Waals surface area contributed by atoms with Gasteiger partial charge in [0.2, 0.25) is 0 Å². The average Bonchev–Trinajstić information content (AvgIpc) is 2.59. The van der Waals surface area contributed by atoms with Gasteiger partial charge in [0.15, 0.2) is 0 Å². The van der Waals surface area contributed by atoms with Gasteiger partial charge in [0.1, 0.15) is 0 Å². The molecule has 0 spiro atoms. The normalized spacial score (nSPS) is 11.9. The molecule has 0 aliphatic rings. The highest BCUT2D eigenvalue weighted by molar-refractivity contribution is 7.79. The molecule has 0 bridgehead atoms. The molecule has 1 unspecified atom stereocenters. The molecule has 122 valence electrons. The van der Waals surface area contributed by atoms with E-state index in [2.05, 4.69) is 0 Å². The Morgan fingerprint density at radius 2 is 1.00 bits per heavy atom. The van der Waals surface area contributed by atoms with E-state index in [0.29, 0.717) is 11.4 Å². The van der Waals surface area contributed by atoms with Gasteiger partial charge in [0, 0.05) is 33.3 Å². The Morgan fingerprint density at radius 1 is 0.667 bits per heavy atom. The Bertz CT molecular complexity index is 801. The first-order valence-corrected chi connectivity index (χ1v) is 8.32. The standard InChI is InChI=1S/C18H17N3O2S/c19-13-1-5-15(6-2-13)21(16-7-3-14(20)4-8-16)17-9-11-18(12-10-17)24(22)23/h1-12H,19-20H2,(H,22,23)/p-1. The summed E-state index contributed by atoms with van der Waals surface area (Å²) in [5.41, 5.74) is 15.5. The van der Waals surface area contributed by atoms with Crippen LogP contribution in [-0.4, -0.2) is 8.76 Å². The first-order valence-electron chi connectivity index (χ1n) is 7.25. The summed E-state index contributed by atoms with van der Waals surface area (Å²) in [7, 11) is 0. The van der Waals surface area contributed by atoms with E-state index in [1.807, 2.05) is 53.4 Å². The van der Waals surface area contributed by atoms with Crippen molar-refractivity contribution >= 4 is 39.5 Å². The van der Waals surface area contributed by atoms with Crippen LogP contribution in [0.2, 0.25) is 0 Å². The zero-order valence-electron chi connectivity index (χ0n) is 12.8. The molecule has 6 heteroatoms. The van der Waals surface area contributed by atoms with Crippen LogP contribution in [0.25, 0.3) is 0 Å². The van der Waals surface area contributed by atoms with E-state index in [4.69, 9.17) is 11.5 Å². The molecule has 0 radical (unpaired) electrons. The zero-order valence-corrected chi connectivity index (χ0v) is 13.6. The van der Waals surface area contributed by atoms with E-state index in [-0.39, 0.29) is 4.90 Å². The molecule has 1 atom stereocenters. The number of nitrogens with zero attached hydrogens (tertiary/aromatic N) is 1. The van der Waals surface area contributed by atoms with Crippen molar-refractivity contribution in [3.05, 3.63) is 72.8 Å². The van der Waals surface area contributed by atoms with E-state index < -0.39 is 11.1 Å². The second-order valence-corrected chi connectivity index (χ2v) is 6.19. The number of hydrogen-bond acceptors (Lipinski definition) is 5. The SMILES string of the molecule is Nc1ccc(N(c2ccc(N)cc2)c2ccc(S(=O)[O-])cc2)cc1. The summed E-state index contributed by atoms with van der Waals surface area (Å²) in [4.78, 5) is 2.24. The lowest BCUT2D eigenvalue weighted by Crippen LogP contribution is -2.10. The van der Waals surface area contributed by atoms with Crippen LogP contribution in [-0.2, 0) is 11.1 Å². The van der Waals surface area contributed by atoms with E-state index in [0.717, 1.165) is 17.1 Å². The van der Waals surface area contributed by atoms with Crippen molar-refractivity contribution in [2.75, 3.05) is 16.4 Å². The zero-order chi connectivity index (χ0) is 17.1. The van der Waals surface area contributed by atoms with E-state index >= 15 is 0 Å². The van der Waals surface area contributed by atoms with Gasteiger partial charge in [0.25, 0.3) is 0 Å². The van der Waals surface area contributed by atoms with Crippen LogP contribution in [0.4, 0.5) is 28.4 Å². The maximum atomic E-state index is 11.1. The van der Waals surface area contributed by atoms with Crippen molar-refractivity contribution in [3.8, 4) is 0 Å². The molecule has 0 aromatic heterocycles. The van der Waals surface area contributed by atoms with Crippen LogP contribution in [0.5, 0.6) is 0 Å². The van der Waals surface area contributed by atoms with E-state index in [1.165, 1.54) is 0 Å². The highest BCUT2D eigenvalue weighted by Gasteiger charge is 2.12. The second-order valence-electron chi connectivity index (χ2n) is 5.25. The van der Waals surface area contributed by atoms with Gasteiger partial charge < -0.3 is 20.9 Å². The molecule has 5 nitrogen and oxygen atoms in total. The molecule has 3 aromatic rings. The summed E-state index contributed by atoms with van der Waals surface area (Å²) in [6.45, 7) is 0. The van der Waals surface area contributed by atoms with Crippen LogP contribution in [0, 0.1) is 0 Å². The number of nitrogens with two attached hydrogens (primary N) is 2. The van der Waals surface area contributed by atoms with Gasteiger partial charge in [-0.3, -0.25) is 4.21 Å². The van der Waals surface area contributed by atoms with Crippen LogP contribution in [0.1, 0.15) is 0 Å². The van der Waals surface area contributed by atoms with Gasteiger partial charge >= 0.3 is 0 Å². The Morgan fingerprint density at radius 3 is 1.33 bits per heavy atom. The smallest absolute Gasteiger partial charge is 0.0463 e. The number of nitrogen functional groups attached to an aromatic ring is 2. The van der Waals surface area contributed by atoms with Crippen molar-refractivity contribution in [2.45, 2.75) is 4.90 Å². The lowest BCUT2D eigenvalue weighted by atomic mass is 10.2. The fourth-order valence-electron chi connectivity index (χ4n) is 2.40. The second kappa shape index (κ2) is 6.74. The minimum atomic E-state index is -2.25. The summed E-state index contributed by atoms with van der Waals surface area (Å²) in [6, 6.07) is 21.6. The minimum Gasteiger partial charge on any atom is -0.768 e. The molecule has 0 aliphatic heterocycles. The third kappa shape index (κ3) is 3.40. The van der Waals surface area contributed by atoms with Gasteiger partial charge in [-0.15, -0.1) is 0 Å². The Kier molecular flexibility index (Phi) is 4.50. The number of hydrogen-bond donors (Lipinski definition) is 2. The lowest BCUT2D eigenvalue weighted by Gasteiger charge is -2.26. The maximum Gasteiger partial charge on any atom is 0.0463 e. The molecule has 0 saturated heterocycles. The molecule has 0 saturated carbocycles. The molecule has 0 aliphatic carbocycles. The number of anilines is 5. The highest BCUT2D eigenvalue weighted by Crippen LogP contribution is 2.35. The van der Waals surface area contributed by atoms with Crippen LogP contribution >= 0.6 is 0 Å². The minimum absolute atomic E-state index is 0.244. The monoisotopic (exact) mass is 338 g/mol. The van der Waals surface area contributed by atoms with Crippen molar-refractivity contribution in [1.82, 2.24) is 0 Å². The molecule has 3 aromatic carbocycles. The van der Waals surface area contributed by atoms with Gasteiger partial charge in [-0.25, -0.2) is 0 Å². The molecule has 24 heavy (non-hydrogen) atoms. The fraction of sp³-hybridized carbons (Fsp3) is 0. The predicted octanol–water partition coefficient (Wildman–Crippen LogP) is 3.56. The average molecular weight is 338 g/mol. The molecule has 0 amide bonds. The van der Waals surface area contributed by atoms with Crippen LogP contribution in [0.15, 0.2) is 77.7 Å². The van der Waals surface area contributed by atoms with Crippen LogP contribution < -0.4 is 16.4 Å². The summed E-state index contributed by atoms with van der Waals surface area (Å²) < 4.78 is 22.1. The highest BCUT2D eigenvalue weighted by atomic mass is 32.2. The summed E-state index contributed by atoms with van der Waals surface area (Å²) in [5.74, 6) is 0. The molecule has 0 heterocycles. The summed E-state index contributed by atoms with van der Waals surface area (Å²) in [5, 5.41) is 0. The maximum absolute atomic E-state index is 11.1. The third-order valence-electron chi connectivity index (χ3n) is 3.59. The summed E-state index contributed by atoms with van der Waals surface area (Å²) >= 11 is -2.25. The molecular formula is C18H16N3O2S-. The molecule has 0 fully saturated rings. The molecule has 4 N–H and O–H groups in total. The number of benzene rings is 3. The Labute approximate surface area is 142 Å². The quantitative estimate of drug-likeness (QED) is 0.560. The van der Waals surface area contributed by atoms with Crippen molar-refractivity contribution in [3.63, 3.8) is 0 Å². The first kappa shape index (κ1) is 16.0. The van der Waals surface area contributed by atoms with E-state index in [9.17, 15) is 8.76 Å². The Balaban J connectivity index is 2.08. The number of rotatable bonds is 4. The largest absolute Gasteiger partial charge is 0.768 e. The van der Waals surface area contributed by atoms with Crippen molar-refractivity contribution in [2.24, 2.45) is 0 Å². The summed E-state index contributed by atoms with van der Waals surface area (Å²) in [6.07, 6.45) is 0. The first-order chi connectivity index (χ1) is 11.5. The van der Waals surface area contributed by atoms with Crippen molar-refractivity contribution in [1.29, 1.82) is 0 Å². The lowest BCUT2D eigenvalue weighted by molar-refractivity contribution is 0.537. The third-order valence-corrected chi connectivity index (χ3v) is 4.25. The Hall–Kier alpha value is -2.83. The van der Waals surface area contributed by atoms with Crippen LogP contribution in [0.3, 0.4) is 0 Å². The fourth-order valence-corrected chi connectivity index (χ4v) is 2.76. The van der Waals surface area contributed by atoms with Gasteiger partial charge in [0.05, 0.1) is 0 Å². The van der Waals surface area contributed by atoms with Crippen molar-refractivity contribution < 1.29 is 8.76 Å². The molecular weight excluding hydrogens is 322 g/mol. The van der Waals surface area contributed by atoms with Gasteiger partial charge in [-0.1, -0.05) is 0 Å². The topological polar surface area (TPSA) is 95.4 Å². The van der Waals surface area contributed by atoms with Gasteiger partial charge in [-0.05, 0) is 83.9 Å². The molecule has 3 rings (SSSR count). The van der Waals surface area contributed by atoms with Gasteiger partial charge in [-0.2, -0.15) is 0 Å². The van der Waals surface area contributed by atoms with E-state index in [1.54, 1.807) is 24.3 Å². The predicted molar refractivity (Wildman–Crippen MR) is 97.1 cm³/mol.